The Bertz CT molecular complexity index is 113. The van der Waals surface area contributed by atoms with Crippen molar-refractivity contribution in [3.8, 4) is 0 Å². The van der Waals surface area contributed by atoms with Crippen molar-refractivity contribution in [3.63, 3.8) is 0 Å². The molecule has 8 heavy (non-hydrogen) atoms. The minimum Gasteiger partial charge on any atom is -1.00 e. The zero-order chi connectivity index (χ0) is 5.33. The first-order valence-corrected chi connectivity index (χ1v) is 2.14. The van der Waals surface area contributed by atoms with Crippen LogP contribution < -0.4 is 12.4 Å². The molecule has 0 fully saturated rings. The van der Waals surface area contributed by atoms with Gasteiger partial charge in [-0.3, -0.25) is 0 Å². The van der Waals surface area contributed by atoms with Gasteiger partial charge in [-0.1, -0.05) is 0 Å². The van der Waals surface area contributed by atoms with Gasteiger partial charge in [-0.2, -0.15) is 4.59 Å². The van der Waals surface area contributed by atoms with Crippen molar-refractivity contribution in [2.45, 2.75) is 0 Å². The van der Waals surface area contributed by atoms with Crippen molar-refractivity contribution in [1.29, 1.82) is 0 Å². The lowest BCUT2D eigenvalue weighted by molar-refractivity contribution is -0.846. The first-order valence-electron chi connectivity index (χ1n) is 2.14. The van der Waals surface area contributed by atoms with E-state index < -0.39 is 0 Å². The lowest BCUT2D eigenvalue weighted by Crippen LogP contribution is -3.00. The van der Waals surface area contributed by atoms with Crippen LogP contribution in [-0.4, -0.2) is 18.7 Å². The van der Waals surface area contributed by atoms with Crippen LogP contribution in [0.4, 0.5) is 0 Å². The van der Waals surface area contributed by atoms with E-state index in [2.05, 4.69) is 10.3 Å². The molecule has 0 aromatic heterocycles. The monoisotopic (exact) mass is 133 g/mol. The van der Waals surface area contributed by atoms with Gasteiger partial charge in [-0.15, -0.1) is 5.11 Å². The quantitative estimate of drug-likeness (QED) is 0.339. The van der Waals surface area contributed by atoms with Crippen LogP contribution >= 0.6 is 0 Å². The molecule has 0 radical (unpaired) electrons. The van der Waals surface area contributed by atoms with Gasteiger partial charge in [0.2, 0.25) is 0 Å². The van der Waals surface area contributed by atoms with Crippen LogP contribution in [0.1, 0.15) is 0 Å². The molecule has 0 bridgehead atoms. The Morgan fingerprint density at radius 1 is 1.38 bits per heavy atom. The Morgan fingerprint density at radius 2 is 2.00 bits per heavy atom. The van der Waals surface area contributed by atoms with Crippen LogP contribution in [0.3, 0.4) is 0 Å². The van der Waals surface area contributed by atoms with Gasteiger partial charge in [-0.05, 0) is 0 Å². The Hall–Kier alpha value is -0.410. The molecular weight excluding hydrogens is 126 g/mol. The first-order chi connectivity index (χ1) is 3.21. The average Bonchev–Trinajstić information content (AvgIpc) is 1.84. The van der Waals surface area contributed by atoms with Crippen LogP contribution in [0.15, 0.2) is 22.7 Å². The van der Waals surface area contributed by atoms with Crippen molar-refractivity contribution in [2.24, 2.45) is 10.3 Å². The third-order valence-corrected chi connectivity index (χ3v) is 0.780. The van der Waals surface area contributed by atoms with Gasteiger partial charge in [0.1, 0.15) is 12.4 Å². The van der Waals surface area contributed by atoms with Crippen LogP contribution in [0, 0.1) is 0 Å². The van der Waals surface area contributed by atoms with Gasteiger partial charge in [-0.25, -0.2) is 0 Å². The molecule has 0 aliphatic carbocycles. The van der Waals surface area contributed by atoms with Crippen molar-refractivity contribution < 1.29 is 17.0 Å². The number of halogens is 1. The summed E-state index contributed by atoms with van der Waals surface area (Å²) in [6, 6.07) is 0. The van der Waals surface area contributed by atoms with Crippen molar-refractivity contribution in [2.75, 3.05) is 14.1 Å². The normalized spacial score (nSPS) is 20.8. The summed E-state index contributed by atoms with van der Waals surface area (Å²) in [6.07, 6.45) is 3.60. The summed E-state index contributed by atoms with van der Waals surface area (Å²) in [5.74, 6) is 0. The highest BCUT2D eigenvalue weighted by molar-refractivity contribution is 4.70. The van der Waals surface area contributed by atoms with E-state index >= 15 is 0 Å². The predicted octanol–water partition coefficient (Wildman–Crippen LogP) is -2.08. The third kappa shape index (κ3) is 1.60. The largest absolute Gasteiger partial charge is 1.00 e. The van der Waals surface area contributed by atoms with Crippen molar-refractivity contribution in [1.82, 2.24) is 0 Å². The van der Waals surface area contributed by atoms with Gasteiger partial charge in [0.05, 0.1) is 14.1 Å². The summed E-state index contributed by atoms with van der Waals surface area (Å²) in [4.78, 5) is 0. The molecule has 0 saturated heterocycles. The van der Waals surface area contributed by atoms with Gasteiger partial charge >= 0.3 is 0 Å². The fourth-order valence-corrected chi connectivity index (χ4v) is 0.386. The van der Waals surface area contributed by atoms with E-state index in [0.717, 1.165) is 0 Å². The highest BCUT2D eigenvalue weighted by Gasteiger charge is 2.12. The van der Waals surface area contributed by atoms with E-state index in [0.29, 0.717) is 4.59 Å². The van der Waals surface area contributed by atoms with Crippen molar-refractivity contribution >= 4 is 0 Å². The van der Waals surface area contributed by atoms with Crippen LogP contribution in [0.5, 0.6) is 0 Å². The first kappa shape index (κ1) is 7.59. The van der Waals surface area contributed by atoms with Gasteiger partial charge in [0, 0.05) is 5.22 Å². The molecule has 0 spiro atoms. The minimum atomic E-state index is 0. The maximum Gasteiger partial charge on any atom is 0.144 e. The smallest absolute Gasteiger partial charge is 0.144 e. The Morgan fingerprint density at radius 3 is 2.12 bits per heavy atom. The fourth-order valence-electron chi connectivity index (χ4n) is 0.386. The highest BCUT2D eigenvalue weighted by Crippen LogP contribution is 2.06. The zero-order valence-corrected chi connectivity index (χ0v) is 5.63. The molecule has 0 amide bonds. The summed E-state index contributed by atoms with van der Waals surface area (Å²) in [5, 5.41) is 7.47. The number of nitrogens with zero attached hydrogens (tertiary/aromatic N) is 3. The maximum absolute atomic E-state index is 3.82. The third-order valence-electron chi connectivity index (χ3n) is 0.780. The second kappa shape index (κ2) is 2.24. The number of hydrogen-bond acceptors (Lipinski definition) is 2. The second-order valence-electron chi connectivity index (χ2n) is 1.98. The molecule has 1 aliphatic heterocycles. The Balaban J connectivity index is 0.000000490. The lowest BCUT2D eigenvalue weighted by Gasteiger charge is -2.07. The standard InChI is InChI=1S/C4H8N3.ClH/c1-7(2)4-3-5-6-7;/h3-4H,1-2H3;1H/q+1;/p-1. The number of quaternary nitrogens is 1. The molecule has 0 unspecified atom stereocenters. The summed E-state index contributed by atoms with van der Waals surface area (Å²) >= 11 is 0. The van der Waals surface area contributed by atoms with E-state index in [1.807, 2.05) is 20.3 Å². The molecule has 4 heteroatoms. The topological polar surface area (TPSA) is 24.7 Å². The molecule has 0 aromatic carbocycles. The predicted molar refractivity (Wildman–Crippen MR) is 26.1 cm³/mol. The SMILES string of the molecule is C[N+]1(C)C=CN=N1.[Cl-]. The summed E-state index contributed by atoms with van der Waals surface area (Å²) in [6.45, 7) is 0. The van der Waals surface area contributed by atoms with Gasteiger partial charge in [0.25, 0.3) is 0 Å². The van der Waals surface area contributed by atoms with E-state index in [-0.39, 0.29) is 12.4 Å². The van der Waals surface area contributed by atoms with E-state index in [4.69, 9.17) is 0 Å². The second-order valence-corrected chi connectivity index (χ2v) is 1.98. The van der Waals surface area contributed by atoms with Crippen molar-refractivity contribution in [3.05, 3.63) is 12.4 Å². The molecule has 46 valence electrons. The fraction of sp³-hybridized carbons (Fsp3) is 0.500. The van der Waals surface area contributed by atoms with Gasteiger partial charge in [0.15, 0.2) is 0 Å². The molecule has 0 atom stereocenters. The molecular formula is C4H8ClN3. The average molecular weight is 134 g/mol. The molecule has 3 nitrogen and oxygen atoms in total. The summed E-state index contributed by atoms with van der Waals surface area (Å²) in [7, 11) is 3.90. The maximum atomic E-state index is 3.82. The Labute approximate surface area is 54.7 Å². The van der Waals surface area contributed by atoms with Crippen LogP contribution in [0.2, 0.25) is 0 Å². The Kier molecular flexibility index (Phi) is 2.12. The molecule has 1 aliphatic rings. The van der Waals surface area contributed by atoms with E-state index in [1.54, 1.807) is 6.20 Å². The van der Waals surface area contributed by atoms with Crippen LogP contribution in [-0.2, 0) is 0 Å². The molecule has 0 saturated carbocycles. The number of hydrogen-bond donors (Lipinski definition) is 0. The van der Waals surface area contributed by atoms with Gasteiger partial charge < -0.3 is 12.4 Å². The number of rotatable bonds is 0. The molecule has 0 aromatic rings. The molecule has 0 N–H and O–H groups in total. The summed E-state index contributed by atoms with van der Waals surface area (Å²) < 4.78 is 0.528. The van der Waals surface area contributed by atoms with E-state index in [1.165, 1.54) is 0 Å². The minimum absolute atomic E-state index is 0. The molecule has 1 heterocycles. The summed E-state index contributed by atoms with van der Waals surface area (Å²) in [5.41, 5.74) is 0. The lowest BCUT2D eigenvalue weighted by atomic mass is 10.8. The molecule has 1 rings (SSSR count). The zero-order valence-electron chi connectivity index (χ0n) is 4.87. The highest BCUT2D eigenvalue weighted by atomic mass is 35.5. The van der Waals surface area contributed by atoms with Crippen LogP contribution in [0.25, 0.3) is 0 Å². The van der Waals surface area contributed by atoms with E-state index in [9.17, 15) is 0 Å².